The molecule has 1 aliphatic carbocycles. The summed E-state index contributed by atoms with van der Waals surface area (Å²) >= 11 is 0. The van der Waals surface area contributed by atoms with Crippen LogP contribution in [0.1, 0.15) is 36.9 Å². The lowest BCUT2D eigenvalue weighted by Gasteiger charge is -2.38. The molecule has 2 aliphatic rings. The van der Waals surface area contributed by atoms with E-state index < -0.39 is 4.92 Å². The summed E-state index contributed by atoms with van der Waals surface area (Å²) in [5.41, 5.74) is 5.89. The van der Waals surface area contributed by atoms with Gasteiger partial charge in [-0.2, -0.15) is 5.10 Å². The first-order chi connectivity index (χ1) is 17.5. The smallest absolute Gasteiger partial charge is 0.272 e. The zero-order valence-corrected chi connectivity index (χ0v) is 19.8. The molecule has 5 aromatic rings. The average molecular weight is 483 g/mol. The van der Waals surface area contributed by atoms with Crippen LogP contribution in [0.15, 0.2) is 48.8 Å². The van der Waals surface area contributed by atoms with Crippen molar-refractivity contribution in [3.63, 3.8) is 0 Å². The summed E-state index contributed by atoms with van der Waals surface area (Å²) < 4.78 is 1.76. The molecule has 1 saturated carbocycles. The predicted molar refractivity (Wildman–Crippen MR) is 135 cm³/mol. The molecule has 0 radical (unpaired) electrons. The number of fused-ring (bicyclic) bond motifs is 2. The molecule has 2 aromatic carbocycles. The summed E-state index contributed by atoms with van der Waals surface area (Å²) in [5.74, 6) is 0. The van der Waals surface area contributed by atoms with Crippen LogP contribution in [0.3, 0.4) is 0 Å². The third kappa shape index (κ3) is 3.65. The van der Waals surface area contributed by atoms with Crippen molar-refractivity contribution in [2.24, 2.45) is 5.41 Å². The summed E-state index contributed by atoms with van der Waals surface area (Å²) in [6, 6.07) is 11.7. The summed E-state index contributed by atoms with van der Waals surface area (Å²) in [6.07, 6.45) is 9.02. The van der Waals surface area contributed by atoms with Gasteiger partial charge in [-0.3, -0.25) is 20.1 Å². The van der Waals surface area contributed by atoms with Crippen molar-refractivity contribution in [3.8, 4) is 11.3 Å². The molecule has 0 unspecified atom stereocenters. The van der Waals surface area contributed by atoms with Crippen molar-refractivity contribution in [1.82, 2.24) is 35.1 Å². The summed E-state index contributed by atoms with van der Waals surface area (Å²) in [7, 11) is 0. The van der Waals surface area contributed by atoms with Gasteiger partial charge in [0.2, 0.25) is 0 Å². The Labute approximate surface area is 206 Å². The number of benzene rings is 2. The first-order valence-electron chi connectivity index (χ1n) is 12.4. The molecule has 1 saturated heterocycles. The maximum atomic E-state index is 11.4. The van der Waals surface area contributed by atoms with Gasteiger partial charge in [-0.15, -0.1) is 5.10 Å². The fourth-order valence-corrected chi connectivity index (χ4v) is 5.95. The Balaban J connectivity index is 1.10. The van der Waals surface area contributed by atoms with Gasteiger partial charge in [0.1, 0.15) is 5.69 Å². The fraction of sp³-hybridized carbons (Fsp3) is 0.346. The molecule has 10 heteroatoms. The van der Waals surface area contributed by atoms with Crippen molar-refractivity contribution in [2.75, 3.05) is 13.1 Å². The predicted octanol–water partition coefficient (Wildman–Crippen LogP) is 4.64. The van der Waals surface area contributed by atoms with Crippen LogP contribution in [0.4, 0.5) is 5.69 Å². The highest BCUT2D eigenvalue weighted by molar-refractivity contribution is 5.95. The average Bonchev–Trinajstić information content (AvgIpc) is 3.63. The van der Waals surface area contributed by atoms with E-state index in [4.69, 9.17) is 0 Å². The monoisotopic (exact) mass is 482 g/mol. The topological polar surface area (TPSA) is 122 Å². The van der Waals surface area contributed by atoms with E-state index in [1.807, 2.05) is 6.20 Å². The van der Waals surface area contributed by atoms with Crippen LogP contribution < -0.4 is 0 Å². The molecule has 182 valence electrons. The number of nitro groups is 1. The van der Waals surface area contributed by atoms with Gasteiger partial charge in [-0.1, -0.05) is 23.8 Å². The van der Waals surface area contributed by atoms with Crippen LogP contribution >= 0.6 is 0 Å². The number of nitro benzene ring substituents is 1. The maximum absolute atomic E-state index is 11.4. The van der Waals surface area contributed by atoms with Gasteiger partial charge in [0.05, 0.1) is 29.4 Å². The molecule has 2 fully saturated rings. The highest BCUT2D eigenvalue weighted by Gasteiger charge is 2.42. The van der Waals surface area contributed by atoms with Gasteiger partial charge in [-0.05, 0) is 54.3 Å². The van der Waals surface area contributed by atoms with Gasteiger partial charge in [0, 0.05) is 47.4 Å². The minimum Gasteiger partial charge on any atom is -0.357 e. The molecule has 36 heavy (non-hydrogen) atoms. The zero-order valence-electron chi connectivity index (χ0n) is 19.8. The number of non-ortho nitro benzene ring substituents is 1. The number of hydrogen-bond acceptors (Lipinski definition) is 6. The number of H-pyrrole nitrogens is 2. The maximum Gasteiger partial charge on any atom is 0.272 e. The van der Waals surface area contributed by atoms with Crippen molar-refractivity contribution in [2.45, 2.75) is 38.8 Å². The van der Waals surface area contributed by atoms with Crippen molar-refractivity contribution >= 4 is 27.5 Å². The summed E-state index contributed by atoms with van der Waals surface area (Å²) in [5, 5.41) is 28.8. The fourth-order valence-electron chi connectivity index (χ4n) is 5.95. The Morgan fingerprint density at radius 3 is 2.81 bits per heavy atom. The first-order valence-corrected chi connectivity index (χ1v) is 12.4. The zero-order chi connectivity index (χ0) is 24.3. The van der Waals surface area contributed by atoms with Crippen LogP contribution in [0.5, 0.6) is 0 Å². The lowest BCUT2D eigenvalue weighted by atomic mass is 9.68. The molecule has 0 bridgehead atoms. The van der Waals surface area contributed by atoms with E-state index in [1.165, 1.54) is 62.0 Å². The van der Waals surface area contributed by atoms with Gasteiger partial charge in [0.25, 0.3) is 5.69 Å². The van der Waals surface area contributed by atoms with Gasteiger partial charge < -0.3 is 4.98 Å². The largest absolute Gasteiger partial charge is 0.357 e. The normalized spacial score (nSPS) is 17.3. The highest BCUT2D eigenvalue weighted by Crippen LogP contribution is 2.48. The van der Waals surface area contributed by atoms with Crippen molar-refractivity contribution in [3.05, 3.63) is 70.2 Å². The lowest BCUT2D eigenvalue weighted by molar-refractivity contribution is -0.384. The van der Waals surface area contributed by atoms with E-state index in [0.29, 0.717) is 28.7 Å². The quantitative estimate of drug-likeness (QED) is 0.269. The SMILES string of the molecule is O=[N+]([O-])c1cc(-c2cn(Cc3ccc4cc(CN5CCC6(CCC6)C5)[nH]c4c3)nn2)c2cn[nH]c2c1. The molecule has 2 N–H and O–H groups in total. The van der Waals surface area contributed by atoms with Gasteiger partial charge >= 0.3 is 0 Å². The number of hydrogen-bond donors (Lipinski definition) is 2. The Morgan fingerprint density at radius 1 is 1.08 bits per heavy atom. The molecule has 1 aliphatic heterocycles. The molecule has 7 rings (SSSR count). The van der Waals surface area contributed by atoms with E-state index in [9.17, 15) is 10.1 Å². The van der Waals surface area contributed by atoms with Crippen molar-refractivity contribution in [1.29, 1.82) is 0 Å². The van der Waals surface area contributed by atoms with E-state index in [1.54, 1.807) is 10.9 Å². The Morgan fingerprint density at radius 2 is 2.00 bits per heavy atom. The minimum absolute atomic E-state index is 0.0129. The standard InChI is InChI=1S/C26H26N8O2/c35-34(36)20-10-21(22-12-27-29-24(22)11-20)25-15-33(31-30-25)13-17-2-3-18-9-19(28-23(18)8-17)14-32-7-6-26(16-32)4-1-5-26/h2-3,8-12,15,28H,1,4-7,13-14,16H2,(H,27,29). The van der Waals surface area contributed by atoms with E-state index in [2.05, 4.69) is 54.7 Å². The molecule has 0 atom stereocenters. The highest BCUT2D eigenvalue weighted by atomic mass is 16.6. The van der Waals surface area contributed by atoms with E-state index in [-0.39, 0.29) is 5.69 Å². The van der Waals surface area contributed by atoms with Crippen LogP contribution in [0.25, 0.3) is 33.1 Å². The molecular weight excluding hydrogens is 456 g/mol. The molecule has 0 amide bonds. The van der Waals surface area contributed by atoms with Crippen LogP contribution in [0.2, 0.25) is 0 Å². The Hall–Kier alpha value is -4.05. The van der Waals surface area contributed by atoms with Gasteiger partial charge in [-0.25, -0.2) is 4.68 Å². The minimum atomic E-state index is -0.414. The van der Waals surface area contributed by atoms with Gasteiger partial charge in [0.15, 0.2) is 0 Å². The molecule has 4 heterocycles. The van der Waals surface area contributed by atoms with E-state index >= 15 is 0 Å². The number of aromatic amines is 2. The molecule has 1 spiro atoms. The molecular formula is C26H26N8O2. The Bertz CT molecular complexity index is 1610. The number of rotatable bonds is 6. The third-order valence-corrected chi connectivity index (χ3v) is 7.98. The number of nitrogens with zero attached hydrogens (tertiary/aromatic N) is 6. The van der Waals surface area contributed by atoms with Crippen LogP contribution in [-0.2, 0) is 13.1 Å². The second kappa shape index (κ2) is 7.99. The summed E-state index contributed by atoms with van der Waals surface area (Å²) in [6.45, 7) is 3.96. The summed E-state index contributed by atoms with van der Waals surface area (Å²) in [4.78, 5) is 17.2. The third-order valence-electron chi connectivity index (χ3n) is 7.98. The van der Waals surface area contributed by atoms with Crippen molar-refractivity contribution < 1.29 is 4.92 Å². The second-order valence-electron chi connectivity index (χ2n) is 10.4. The Kier molecular flexibility index (Phi) is 4.72. The lowest BCUT2D eigenvalue weighted by Crippen LogP contribution is -2.32. The molecule has 10 nitrogen and oxygen atoms in total. The number of aromatic nitrogens is 6. The first kappa shape index (κ1) is 21.3. The number of likely N-dealkylation sites (tertiary alicyclic amines) is 1. The number of nitrogens with one attached hydrogen (secondary N) is 2. The molecule has 3 aromatic heterocycles. The van der Waals surface area contributed by atoms with Crippen LogP contribution in [0, 0.1) is 15.5 Å². The van der Waals surface area contributed by atoms with E-state index in [0.717, 1.165) is 23.0 Å². The van der Waals surface area contributed by atoms with Crippen LogP contribution in [-0.4, -0.2) is 53.1 Å². The second-order valence-corrected chi connectivity index (χ2v) is 10.4.